The molecule has 5 rings (SSSR count). The van der Waals surface area contributed by atoms with E-state index < -0.39 is 0 Å². The number of nitrogens with zero attached hydrogens (tertiary/aromatic N) is 4. The van der Waals surface area contributed by atoms with Crippen LogP contribution in [-0.4, -0.2) is 29.3 Å². The maximum atomic E-state index is 5.03. The zero-order valence-electron chi connectivity index (χ0n) is 13.7. The molecule has 126 valence electrons. The van der Waals surface area contributed by atoms with E-state index >= 15 is 0 Å². The number of piperidine rings is 1. The van der Waals surface area contributed by atoms with Gasteiger partial charge in [-0.2, -0.15) is 0 Å². The Bertz CT molecular complexity index is 988. The van der Waals surface area contributed by atoms with E-state index in [9.17, 15) is 0 Å². The van der Waals surface area contributed by atoms with E-state index in [4.69, 9.17) is 9.97 Å². The minimum atomic E-state index is 0.768. The van der Waals surface area contributed by atoms with Gasteiger partial charge in [-0.05, 0) is 40.8 Å². The Morgan fingerprint density at radius 2 is 1.96 bits per heavy atom. The summed E-state index contributed by atoms with van der Waals surface area (Å²) in [5, 5.41) is 2.11. The van der Waals surface area contributed by atoms with Crippen LogP contribution in [0.3, 0.4) is 0 Å². The van der Waals surface area contributed by atoms with Crippen molar-refractivity contribution in [3.8, 4) is 11.3 Å². The molecule has 0 N–H and O–H groups in total. The quantitative estimate of drug-likeness (QED) is 0.591. The molecule has 2 aliphatic heterocycles. The molecule has 0 saturated carbocycles. The van der Waals surface area contributed by atoms with Gasteiger partial charge in [0.2, 0.25) is 5.95 Å². The van der Waals surface area contributed by atoms with Crippen LogP contribution in [0.4, 0.5) is 5.95 Å². The lowest BCUT2D eigenvalue weighted by Crippen LogP contribution is -2.31. The fourth-order valence-electron chi connectivity index (χ4n) is 3.64. The van der Waals surface area contributed by atoms with Gasteiger partial charge in [-0.1, -0.05) is 18.2 Å². The first kappa shape index (κ1) is 15.5. The summed E-state index contributed by atoms with van der Waals surface area (Å²) in [6, 6.07) is 6.42. The monoisotopic (exact) mass is 412 g/mol. The molecule has 0 radical (unpaired) electrons. The highest BCUT2D eigenvalue weighted by molar-refractivity contribution is 9.10. The molecule has 0 unspecified atom stereocenters. The number of aliphatic imine (C=N–C) groups is 1. The molecule has 1 aromatic carbocycles. The average Bonchev–Trinajstić information content (AvgIpc) is 3.28. The van der Waals surface area contributed by atoms with E-state index in [0.717, 1.165) is 46.0 Å². The molecule has 1 fully saturated rings. The molecule has 25 heavy (non-hydrogen) atoms. The summed E-state index contributed by atoms with van der Waals surface area (Å²) in [7, 11) is 0. The number of fused-ring (bicyclic) bond motifs is 2. The van der Waals surface area contributed by atoms with Crippen molar-refractivity contribution in [2.45, 2.75) is 25.8 Å². The fraction of sp³-hybridized carbons (Fsp3) is 0.316. The molecule has 0 spiro atoms. The van der Waals surface area contributed by atoms with Gasteiger partial charge in [-0.25, -0.2) is 9.97 Å². The van der Waals surface area contributed by atoms with Gasteiger partial charge in [0.25, 0.3) is 0 Å². The van der Waals surface area contributed by atoms with Gasteiger partial charge in [0.05, 0.1) is 21.4 Å². The lowest BCUT2D eigenvalue weighted by molar-refractivity contribution is 0.569. The number of hydrogen-bond acceptors (Lipinski definition) is 5. The van der Waals surface area contributed by atoms with E-state index in [-0.39, 0.29) is 0 Å². The smallest absolute Gasteiger partial charge is 0.226 e. The van der Waals surface area contributed by atoms with Gasteiger partial charge in [0.15, 0.2) is 0 Å². The van der Waals surface area contributed by atoms with Gasteiger partial charge >= 0.3 is 0 Å². The molecule has 2 aliphatic rings. The van der Waals surface area contributed by atoms with Gasteiger partial charge in [-0.3, -0.25) is 4.99 Å². The van der Waals surface area contributed by atoms with Crippen LogP contribution in [0.25, 0.3) is 21.5 Å². The predicted molar refractivity (Wildman–Crippen MR) is 108 cm³/mol. The zero-order valence-corrected chi connectivity index (χ0v) is 16.1. The van der Waals surface area contributed by atoms with Crippen molar-refractivity contribution in [3.63, 3.8) is 0 Å². The van der Waals surface area contributed by atoms with Crippen molar-refractivity contribution in [2.75, 3.05) is 18.0 Å². The summed E-state index contributed by atoms with van der Waals surface area (Å²) in [5.41, 5.74) is 5.70. The Balaban J connectivity index is 1.74. The SMILES string of the molecule is Brc1csc2c(-c3cccc4c3C=NC4)nc(N3CCCCC3)nc12. The lowest BCUT2D eigenvalue weighted by Gasteiger charge is -2.27. The molecule has 2 aromatic heterocycles. The number of rotatable bonds is 2. The minimum Gasteiger partial charge on any atom is -0.341 e. The van der Waals surface area contributed by atoms with Crippen LogP contribution in [-0.2, 0) is 6.54 Å². The van der Waals surface area contributed by atoms with Crippen LogP contribution in [0.2, 0.25) is 0 Å². The molecule has 3 aromatic rings. The Kier molecular flexibility index (Phi) is 3.82. The van der Waals surface area contributed by atoms with Crippen molar-refractivity contribution in [2.24, 2.45) is 4.99 Å². The van der Waals surface area contributed by atoms with Crippen LogP contribution in [0, 0.1) is 0 Å². The third-order valence-corrected chi connectivity index (χ3v) is 6.82. The summed E-state index contributed by atoms with van der Waals surface area (Å²) in [5.74, 6) is 0.855. The first-order valence-corrected chi connectivity index (χ1v) is 10.3. The van der Waals surface area contributed by atoms with Crippen molar-refractivity contribution in [1.29, 1.82) is 0 Å². The number of benzene rings is 1. The maximum absolute atomic E-state index is 5.03. The summed E-state index contributed by atoms with van der Waals surface area (Å²) in [6.45, 7) is 2.85. The Hall–Kier alpha value is -1.79. The Morgan fingerprint density at radius 1 is 1.08 bits per heavy atom. The highest BCUT2D eigenvalue weighted by atomic mass is 79.9. The summed E-state index contributed by atoms with van der Waals surface area (Å²) in [6.07, 6.45) is 5.72. The molecule has 4 heterocycles. The van der Waals surface area contributed by atoms with Gasteiger partial charge in [-0.15, -0.1) is 11.3 Å². The number of aromatic nitrogens is 2. The second kappa shape index (κ2) is 6.18. The van der Waals surface area contributed by atoms with Crippen molar-refractivity contribution in [3.05, 3.63) is 39.2 Å². The minimum absolute atomic E-state index is 0.768. The van der Waals surface area contributed by atoms with Crippen LogP contribution >= 0.6 is 27.3 Å². The van der Waals surface area contributed by atoms with E-state index in [1.54, 1.807) is 11.3 Å². The average molecular weight is 413 g/mol. The van der Waals surface area contributed by atoms with E-state index in [2.05, 4.69) is 49.4 Å². The van der Waals surface area contributed by atoms with E-state index in [0.29, 0.717) is 0 Å². The Labute approximate surface area is 158 Å². The third-order valence-electron chi connectivity index (χ3n) is 4.93. The normalized spacial score (nSPS) is 16.6. The second-order valence-corrected chi connectivity index (χ2v) is 8.26. The first-order valence-electron chi connectivity index (χ1n) is 8.63. The number of thiophene rings is 1. The topological polar surface area (TPSA) is 41.4 Å². The second-order valence-electron chi connectivity index (χ2n) is 6.53. The van der Waals surface area contributed by atoms with Crippen LogP contribution in [0.15, 0.2) is 33.0 Å². The highest BCUT2D eigenvalue weighted by Gasteiger charge is 2.21. The van der Waals surface area contributed by atoms with Gasteiger partial charge < -0.3 is 4.90 Å². The summed E-state index contributed by atoms with van der Waals surface area (Å²) >= 11 is 5.37. The molecule has 1 saturated heterocycles. The highest BCUT2D eigenvalue weighted by Crippen LogP contribution is 2.39. The summed E-state index contributed by atoms with van der Waals surface area (Å²) < 4.78 is 2.19. The third kappa shape index (κ3) is 2.59. The van der Waals surface area contributed by atoms with E-state index in [1.165, 1.54) is 36.0 Å². The van der Waals surface area contributed by atoms with Crippen LogP contribution in [0.1, 0.15) is 30.4 Å². The van der Waals surface area contributed by atoms with Gasteiger partial charge in [0.1, 0.15) is 5.52 Å². The van der Waals surface area contributed by atoms with Crippen molar-refractivity contribution >= 4 is 49.6 Å². The molecular formula is C19H17BrN4S. The first-order chi connectivity index (χ1) is 12.3. The largest absolute Gasteiger partial charge is 0.341 e. The summed E-state index contributed by atoms with van der Waals surface area (Å²) in [4.78, 5) is 16.7. The fourth-order valence-corrected chi connectivity index (χ4v) is 5.21. The number of hydrogen-bond donors (Lipinski definition) is 0. The maximum Gasteiger partial charge on any atom is 0.226 e. The van der Waals surface area contributed by atoms with Crippen molar-refractivity contribution < 1.29 is 0 Å². The standard InChI is InChI=1S/C19H17BrN4S/c20-15-11-25-18-16(13-6-4-5-12-9-21-10-14(12)13)22-19(23-17(15)18)24-7-2-1-3-8-24/h4-6,10-11H,1-3,7-9H2. The van der Waals surface area contributed by atoms with Crippen LogP contribution < -0.4 is 4.90 Å². The van der Waals surface area contributed by atoms with Gasteiger partial charge in [0, 0.05) is 35.8 Å². The Morgan fingerprint density at radius 3 is 2.84 bits per heavy atom. The molecule has 0 aliphatic carbocycles. The molecule has 0 atom stereocenters. The van der Waals surface area contributed by atoms with E-state index in [1.807, 2.05) is 6.21 Å². The molecule has 0 amide bonds. The number of anilines is 1. The predicted octanol–water partition coefficient (Wildman–Crippen LogP) is 5.04. The number of halogens is 1. The molecule has 6 heteroatoms. The van der Waals surface area contributed by atoms with Crippen LogP contribution in [0.5, 0.6) is 0 Å². The molecule has 0 bridgehead atoms. The molecular weight excluding hydrogens is 396 g/mol. The molecule has 4 nitrogen and oxygen atoms in total. The van der Waals surface area contributed by atoms with Crippen molar-refractivity contribution in [1.82, 2.24) is 9.97 Å². The zero-order chi connectivity index (χ0) is 16.8. The lowest BCUT2D eigenvalue weighted by atomic mass is 10.0.